The molecule has 0 fully saturated rings. The van der Waals surface area contributed by atoms with Crippen molar-refractivity contribution in [3.8, 4) is 0 Å². The molecule has 1 aromatic rings. The normalized spacial score (nSPS) is 10.6. The molecule has 0 aromatic carbocycles. The summed E-state index contributed by atoms with van der Waals surface area (Å²) in [5, 5.41) is 0. The average molecular weight is 254 g/mol. The third-order valence-corrected chi connectivity index (χ3v) is 3.34. The van der Waals surface area contributed by atoms with Crippen LogP contribution >= 0.6 is 11.6 Å². The number of alkyl halides is 1. The van der Waals surface area contributed by atoms with Crippen LogP contribution in [0.3, 0.4) is 0 Å². The Labute approximate surface area is 111 Å². The number of pyridine rings is 1. The first-order valence-electron chi connectivity index (χ1n) is 6.88. The van der Waals surface area contributed by atoms with Crippen LogP contribution in [0.15, 0.2) is 24.5 Å². The number of aromatic nitrogens is 1. The Kier molecular flexibility index (Phi) is 9.03. The van der Waals surface area contributed by atoms with E-state index in [4.69, 9.17) is 11.6 Å². The highest BCUT2D eigenvalue weighted by molar-refractivity contribution is 6.17. The van der Waals surface area contributed by atoms with E-state index >= 15 is 0 Å². The van der Waals surface area contributed by atoms with Gasteiger partial charge in [-0.2, -0.15) is 0 Å². The summed E-state index contributed by atoms with van der Waals surface area (Å²) in [6.45, 7) is 0. The second kappa shape index (κ2) is 10.6. The van der Waals surface area contributed by atoms with Crippen LogP contribution in [0.1, 0.15) is 56.9 Å². The predicted octanol–water partition coefficient (Wildman–Crippen LogP) is 4.98. The summed E-state index contributed by atoms with van der Waals surface area (Å²) in [4.78, 5) is 4.13. The van der Waals surface area contributed by atoms with Gasteiger partial charge in [-0.05, 0) is 30.9 Å². The molecule has 1 nitrogen and oxygen atoms in total. The molecule has 1 aromatic heterocycles. The topological polar surface area (TPSA) is 12.9 Å². The number of hydrogen-bond donors (Lipinski definition) is 0. The largest absolute Gasteiger partial charge is 0.264 e. The summed E-state index contributed by atoms with van der Waals surface area (Å²) in [6.07, 6.45) is 15.6. The quantitative estimate of drug-likeness (QED) is 0.423. The van der Waals surface area contributed by atoms with Gasteiger partial charge in [-0.25, -0.2) is 0 Å². The minimum atomic E-state index is 0.825. The number of rotatable bonds is 10. The highest BCUT2D eigenvalue weighted by Crippen LogP contribution is 2.10. The molecule has 0 atom stereocenters. The van der Waals surface area contributed by atoms with Crippen molar-refractivity contribution in [1.82, 2.24) is 4.98 Å². The van der Waals surface area contributed by atoms with Crippen LogP contribution in [-0.2, 0) is 6.42 Å². The molecule has 0 N–H and O–H groups in total. The zero-order valence-corrected chi connectivity index (χ0v) is 11.5. The average Bonchev–Trinajstić information content (AvgIpc) is 2.38. The van der Waals surface area contributed by atoms with E-state index in [9.17, 15) is 0 Å². The van der Waals surface area contributed by atoms with Crippen molar-refractivity contribution in [2.75, 3.05) is 5.88 Å². The third-order valence-electron chi connectivity index (χ3n) is 3.07. The lowest BCUT2D eigenvalue weighted by Gasteiger charge is -2.02. The second-order valence-corrected chi connectivity index (χ2v) is 5.01. The van der Waals surface area contributed by atoms with Gasteiger partial charge in [-0.3, -0.25) is 4.98 Å². The molecular formula is C15H24ClN. The lowest BCUT2D eigenvalue weighted by atomic mass is 10.1. The Morgan fingerprint density at radius 2 is 1.53 bits per heavy atom. The number of halogens is 1. The summed E-state index contributed by atoms with van der Waals surface area (Å²) in [6, 6.07) is 4.19. The van der Waals surface area contributed by atoms with Gasteiger partial charge in [0.1, 0.15) is 0 Å². The van der Waals surface area contributed by atoms with Crippen molar-refractivity contribution >= 4 is 11.6 Å². The van der Waals surface area contributed by atoms with Crippen molar-refractivity contribution in [3.63, 3.8) is 0 Å². The van der Waals surface area contributed by atoms with Gasteiger partial charge >= 0.3 is 0 Å². The SMILES string of the molecule is ClCCCCCCCCCCc1cccnc1. The maximum atomic E-state index is 5.64. The zero-order chi connectivity index (χ0) is 12.2. The summed E-state index contributed by atoms with van der Waals surface area (Å²) >= 11 is 5.64. The first-order chi connectivity index (χ1) is 8.43. The van der Waals surface area contributed by atoms with Crippen molar-refractivity contribution in [3.05, 3.63) is 30.1 Å². The molecule has 0 amide bonds. The van der Waals surface area contributed by atoms with E-state index in [-0.39, 0.29) is 0 Å². The first-order valence-corrected chi connectivity index (χ1v) is 7.42. The van der Waals surface area contributed by atoms with E-state index in [1.165, 1.54) is 63.4 Å². The van der Waals surface area contributed by atoms with E-state index in [0.717, 1.165) is 5.88 Å². The summed E-state index contributed by atoms with van der Waals surface area (Å²) < 4.78 is 0. The smallest absolute Gasteiger partial charge is 0.0299 e. The van der Waals surface area contributed by atoms with E-state index in [0.29, 0.717) is 0 Å². The Morgan fingerprint density at radius 1 is 0.882 bits per heavy atom. The van der Waals surface area contributed by atoms with Gasteiger partial charge in [-0.15, -0.1) is 11.6 Å². The molecule has 17 heavy (non-hydrogen) atoms. The Morgan fingerprint density at radius 3 is 2.12 bits per heavy atom. The van der Waals surface area contributed by atoms with Gasteiger partial charge in [-0.1, -0.05) is 44.6 Å². The van der Waals surface area contributed by atoms with E-state index in [1.807, 2.05) is 18.5 Å². The van der Waals surface area contributed by atoms with E-state index in [2.05, 4.69) is 11.1 Å². The van der Waals surface area contributed by atoms with Gasteiger partial charge in [0, 0.05) is 18.3 Å². The van der Waals surface area contributed by atoms with E-state index in [1.54, 1.807) is 0 Å². The molecule has 1 rings (SSSR count). The molecule has 2 heteroatoms. The Bertz CT molecular complexity index is 261. The first kappa shape index (κ1) is 14.5. The van der Waals surface area contributed by atoms with Gasteiger partial charge in [0.15, 0.2) is 0 Å². The van der Waals surface area contributed by atoms with Gasteiger partial charge in [0.2, 0.25) is 0 Å². The molecule has 0 radical (unpaired) electrons. The fourth-order valence-corrected chi connectivity index (χ4v) is 2.22. The minimum Gasteiger partial charge on any atom is -0.264 e. The molecule has 0 unspecified atom stereocenters. The van der Waals surface area contributed by atoms with Gasteiger partial charge < -0.3 is 0 Å². The standard InChI is InChI=1S/C15H24ClN/c16-12-8-6-4-2-1-3-5-7-10-15-11-9-13-17-14-15/h9,11,13-14H,1-8,10,12H2. The maximum absolute atomic E-state index is 5.64. The molecule has 0 saturated carbocycles. The van der Waals surface area contributed by atoms with Crippen molar-refractivity contribution in [1.29, 1.82) is 0 Å². The fourth-order valence-electron chi connectivity index (χ4n) is 2.03. The van der Waals surface area contributed by atoms with Crippen LogP contribution in [0.5, 0.6) is 0 Å². The van der Waals surface area contributed by atoms with Crippen LogP contribution in [0.25, 0.3) is 0 Å². The van der Waals surface area contributed by atoms with Crippen LogP contribution in [0, 0.1) is 0 Å². The zero-order valence-electron chi connectivity index (χ0n) is 10.7. The molecule has 0 bridgehead atoms. The number of nitrogens with zero attached hydrogens (tertiary/aromatic N) is 1. The monoisotopic (exact) mass is 253 g/mol. The molecule has 0 aliphatic heterocycles. The minimum absolute atomic E-state index is 0.825. The fraction of sp³-hybridized carbons (Fsp3) is 0.667. The summed E-state index contributed by atoms with van der Waals surface area (Å²) in [7, 11) is 0. The van der Waals surface area contributed by atoms with E-state index < -0.39 is 0 Å². The van der Waals surface area contributed by atoms with Gasteiger partial charge in [0.05, 0.1) is 0 Å². The molecule has 0 saturated heterocycles. The van der Waals surface area contributed by atoms with Crippen LogP contribution < -0.4 is 0 Å². The molecule has 1 heterocycles. The number of hydrogen-bond acceptors (Lipinski definition) is 1. The maximum Gasteiger partial charge on any atom is 0.0299 e. The summed E-state index contributed by atoms with van der Waals surface area (Å²) in [5.41, 5.74) is 1.37. The molecular weight excluding hydrogens is 230 g/mol. The van der Waals surface area contributed by atoms with Crippen molar-refractivity contribution in [2.45, 2.75) is 57.8 Å². The Balaban J connectivity index is 1.85. The van der Waals surface area contributed by atoms with Crippen LogP contribution in [-0.4, -0.2) is 10.9 Å². The van der Waals surface area contributed by atoms with Crippen molar-refractivity contribution in [2.24, 2.45) is 0 Å². The number of unbranched alkanes of at least 4 members (excludes halogenated alkanes) is 7. The van der Waals surface area contributed by atoms with Crippen LogP contribution in [0.4, 0.5) is 0 Å². The molecule has 0 spiro atoms. The number of aryl methyl sites for hydroxylation is 1. The van der Waals surface area contributed by atoms with Crippen molar-refractivity contribution < 1.29 is 0 Å². The lowest BCUT2D eigenvalue weighted by molar-refractivity contribution is 0.576. The van der Waals surface area contributed by atoms with Gasteiger partial charge in [0.25, 0.3) is 0 Å². The summed E-state index contributed by atoms with van der Waals surface area (Å²) in [5.74, 6) is 0.825. The highest BCUT2D eigenvalue weighted by atomic mass is 35.5. The van der Waals surface area contributed by atoms with Crippen LogP contribution in [0.2, 0.25) is 0 Å². The second-order valence-electron chi connectivity index (χ2n) is 4.63. The highest BCUT2D eigenvalue weighted by Gasteiger charge is 1.94. The Hall–Kier alpha value is -0.560. The predicted molar refractivity (Wildman–Crippen MR) is 75.6 cm³/mol. The lowest BCUT2D eigenvalue weighted by Crippen LogP contribution is -1.87. The molecule has 0 aliphatic rings. The molecule has 96 valence electrons. The molecule has 0 aliphatic carbocycles. The third kappa shape index (κ3) is 8.20.